The molecule has 0 radical (unpaired) electrons. The lowest BCUT2D eigenvalue weighted by Crippen LogP contribution is -2.29. The Bertz CT molecular complexity index is 510. The largest absolute Gasteiger partial charge is 0.369 e. The molecule has 1 saturated carbocycles. The maximum atomic E-state index is 14.1. The summed E-state index contributed by atoms with van der Waals surface area (Å²) in [6, 6.07) is 4.94. The second-order valence-corrected chi connectivity index (χ2v) is 5.98. The molecule has 1 heterocycles. The van der Waals surface area contributed by atoms with Crippen molar-refractivity contribution in [2.24, 2.45) is 5.92 Å². The van der Waals surface area contributed by atoms with Crippen LogP contribution in [-0.4, -0.2) is 32.1 Å². The molecule has 1 amide bonds. The number of nitrogens with zero attached hydrogens (tertiary/aromatic N) is 1. The molecule has 0 spiro atoms. The van der Waals surface area contributed by atoms with E-state index in [1.54, 1.807) is 12.1 Å². The quantitative estimate of drug-likeness (QED) is 0.845. The van der Waals surface area contributed by atoms with Crippen molar-refractivity contribution >= 4 is 17.3 Å². The van der Waals surface area contributed by atoms with E-state index < -0.39 is 0 Å². The van der Waals surface area contributed by atoms with E-state index in [2.05, 4.69) is 15.5 Å². The molecule has 0 unspecified atom stereocenters. The topological polar surface area (TPSA) is 44.4 Å². The van der Waals surface area contributed by atoms with Crippen molar-refractivity contribution in [1.29, 1.82) is 0 Å². The van der Waals surface area contributed by atoms with Gasteiger partial charge in [-0.2, -0.15) is 0 Å². The summed E-state index contributed by atoms with van der Waals surface area (Å²) in [4.78, 5) is 13.8. The molecule has 5 heteroatoms. The molecule has 2 fully saturated rings. The molecule has 21 heavy (non-hydrogen) atoms. The highest BCUT2D eigenvalue weighted by molar-refractivity contribution is 5.92. The Morgan fingerprint density at radius 3 is 2.71 bits per heavy atom. The van der Waals surface area contributed by atoms with Gasteiger partial charge in [-0.3, -0.25) is 4.79 Å². The number of hydrogen-bond acceptors (Lipinski definition) is 3. The van der Waals surface area contributed by atoms with Crippen LogP contribution in [0.15, 0.2) is 18.2 Å². The number of nitrogens with one attached hydrogen (secondary N) is 2. The molecule has 1 saturated heterocycles. The minimum Gasteiger partial charge on any atom is -0.369 e. The van der Waals surface area contributed by atoms with Gasteiger partial charge in [-0.1, -0.05) is 0 Å². The molecule has 1 aliphatic carbocycles. The number of anilines is 2. The Hall–Kier alpha value is -1.62. The Kier molecular flexibility index (Phi) is 4.39. The molecule has 2 N–H and O–H groups in total. The van der Waals surface area contributed by atoms with Crippen LogP contribution in [0.4, 0.5) is 15.8 Å². The highest BCUT2D eigenvalue weighted by atomic mass is 19.1. The van der Waals surface area contributed by atoms with Gasteiger partial charge < -0.3 is 15.5 Å². The highest BCUT2D eigenvalue weighted by Gasteiger charge is 2.20. The zero-order chi connectivity index (χ0) is 14.7. The Morgan fingerprint density at radius 2 is 2.05 bits per heavy atom. The maximum absolute atomic E-state index is 14.1. The third-order valence-corrected chi connectivity index (χ3v) is 4.09. The summed E-state index contributed by atoms with van der Waals surface area (Å²) >= 11 is 0. The minimum atomic E-state index is -0.263. The van der Waals surface area contributed by atoms with Crippen LogP contribution in [0.3, 0.4) is 0 Å². The van der Waals surface area contributed by atoms with Crippen LogP contribution >= 0.6 is 0 Å². The van der Waals surface area contributed by atoms with Crippen molar-refractivity contribution in [1.82, 2.24) is 5.32 Å². The fourth-order valence-corrected chi connectivity index (χ4v) is 2.72. The van der Waals surface area contributed by atoms with E-state index in [0.29, 0.717) is 11.4 Å². The molecule has 4 nitrogen and oxygen atoms in total. The second kappa shape index (κ2) is 6.43. The average Bonchev–Trinajstić information content (AvgIpc) is 3.11. The van der Waals surface area contributed by atoms with Gasteiger partial charge in [0.1, 0.15) is 5.82 Å². The predicted octanol–water partition coefficient (Wildman–Crippen LogP) is 2.36. The van der Waals surface area contributed by atoms with E-state index in [1.165, 1.54) is 18.9 Å². The first-order valence-electron chi connectivity index (χ1n) is 7.77. The number of rotatable bonds is 6. The SMILES string of the molecule is O=C(CNCC1CC1)Nc1ccc(N2CCCC2)c(F)c1. The van der Waals surface area contributed by atoms with E-state index in [0.717, 1.165) is 38.4 Å². The molecule has 1 aromatic carbocycles. The van der Waals surface area contributed by atoms with Crippen LogP contribution < -0.4 is 15.5 Å². The molecule has 3 rings (SSSR count). The number of amides is 1. The van der Waals surface area contributed by atoms with Crippen LogP contribution in [0.5, 0.6) is 0 Å². The van der Waals surface area contributed by atoms with Crippen molar-refractivity contribution < 1.29 is 9.18 Å². The fraction of sp³-hybridized carbons (Fsp3) is 0.562. The molecule has 0 aromatic heterocycles. The summed E-state index contributed by atoms with van der Waals surface area (Å²) in [5.74, 6) is 0.361. The lowest BCUT2D eigenvalue weighted by molar-refractivity contribution is -0.115. The number of carbonyl (C=O) groups is 1. The van der Waals surface area contributed by atoms with E-state index in [-0.39, 0.29) is 18.3 Å². The number of benzene rings is 1. The van der Waals surface area contributed by atoms with Gasteiger partial charge >= 0.3 is 0 Å². The number of carbonyl (C=O) groups excluding carboxylic acids is 1. The zero-order valence-corrected chi connectivity index (χ0v) is 12.2. The second-order valence-electron chi connectivity index (χ2n) is 5.98. The van der Waals surface area contributed by atoms with E-state index in [9.17, 15) is 9.18 Å². The van der Waals surface area contributed by atoms with Crippen molar-refractivity contribution in [2.75, 3.05) is 36.4 Å². The zero-order valence-electron chi connectivity index (χ0n) is 12.2. The molecule has 1 aliphatic heterocycles. The lowest BCUT2D eigenvalue weighted by Gasteiger charge is -2.18. The monoisotopic (exact) mass is 291 g/mol. The molecular formula is C16H22FN3O. The standard InChI is InChI=1S/C16H22FN3O/c17-14-9-13(5-6-15(14)20-7-1-2-8-20)19-16(21)11-18-10-12-3-4-12/h5-6,9,12,18H,1-4,7-8,10-11H2,(H,19,21). The molecule has 114 valence electrons. The van der Waals surface area contributed by atoms with E-state index in [4.69, 9.17) is 0 Å². The number of halogens is 1. The lowest BCUT2D eigenvalue weighted by atomic mass is 10.2. The third-order valence-electron chi connectivity index (χ3n) is 4.09. The van der Waals surface area contributed by atoms with Crippen molar-refractivity contribution in [2.45, 2.75) is 25.7 Å². The first-order chi connectivity index (χ1) is 10.2. The van der Waals surface area contributed by atoms with E-state index >= 15 is 0 Å². The van der Waals surface area contributed by atoms with Crippen molar-refractivity contribution in [3.8, 4) is 0 Å². The number of hydrogen-bond donors (Lipinski definition) is 2. The van der Waals surface area contributed by atoms with Gasteiger partial charge in [0.15, 0.2) is 0 Å². The summed E-state index contributed by atoms with van der Waals surface area (Å²) in [7, 11) is 0. The maximum Gasteiger partial charge on any atom is 0.238 e. The van der Waals surface area contributed by atoms with Gasteiger partial charge in [-0.25, -0.2) is 4.39 Å². The molecule has 1 aromatic rings. The Morgan fingerprint density at radius 1 is 1.29 bits per heavy atom. The van der Waals surface area contributed by atoms with Crippen molar-refractivity contribution in [3.63, 3.8) is 0 Å². The van der Waals surface area contributed by atoms with Gasteiger partial charge in [-0.15, -0.1) is 0 Å². The highest BCUT2D eigenvalue weighted by Crippen LogP contribution is 2.27. The van der Waals surface area contributed by atoms with Gasteiger partial charge in [0.2, 0.25) is 5.91 Å². The van der Waals surface area contributed by atoms with Crippen molar-refractivity contribution in [3.05, 3.63) is 24.0 Å². The summed E-state index contributed by atoms with van der Waals surface area (Å²) in [6.45, 7) is 3.00. The smallest absolute Gasteiger partial charge is 0.238 e. The van der Waals surface area contributed by atoms with Gasteiger partial charge in [0.05, 0.1) is 12.2 Å². The Balaban J connectivity index is 1.52. The minimum absolute atomic E-state index is 0.121. The first kappa shape index (κ1) is 14.3. The normalized spacial score (nSPS) is 18.0. The molecule has 0 atom stereocenters. The molecule has 2 aliphatic rings. The van der Waals surface area contributed by atoms with Crippen LogP contribution in [0, 0.1) is 11.7 Å². The van der Waals surface area contributed by atoms with Gasteiger partial charge in [0, 0.05) is 18.8 Å². The summed E-state index contributed by atoms with van der Waals surface area (Å²) in [6.07, 6.45) is 4.75. The van der Waals surface area contributed by atoms with Gasteiger partial charge in [-0.05, 0) is 56.3 Å². The van der Waals surface area contributed by atoms with Crippen LogP contribution in [0.25, 0.3) is 0 Å². The predicted molar refractivity (Wildman–Crippen MR) is 82.1 cm³/mol. The molecule has 0 bridgehead atoms. The Labute approximate surface area is 124 Å². The summed E-state index contributed by atoms with van der Waals surface area (Å²) in [5.41, 5.74) is 1.16. The summed E-state index contributed by atoms with van der Waals surface area (Å²) in [5, 5.41) is 5.86. The van der Waals surface area contributed by atoms with Crippen LogP contribution in [0.1, 0.15) is 25.7 Å². The molecular weight excluding hydrogens is 269 g/mol. The van der Waals surface area contributed by atoms with Crippen LogP contribution in [-0.2, 0) is 4.79 Å². The first-order valence-corrected chi connectivity index (χ1v) is 7.77. The fourth-order valence-electron chi connectivity index (χ4n) is 2.72. The van der Waals surface area contributed by atoms with E-state index in [1.807, 2.05) is 0 Å². The van der Waals surface area contributed by atoms with Crippen LogP contribution in [0.2, 0.25) is 0 Å². The summed E-state index contributed by atoms with van der Waals surface area (Å²) < 4.78 is 14.1. The third kappa shape index (κ3) is 3.94. The van der Waals surface area contributed by atoms with Gasteiger partial charge in [0.25, 0.3) is 0 Å². The average molecular weight is 291 g/mol.